The van der Waals surface area contributed by atoms with E-state index in [1.165, 1.54) is 5.56 Å². The highest BCUT2D eigenvalue weighted by Crippen LogP contribution is 2.23. The Hall–Kier alpha value is -2.04. The van der Waals surface area contributed by atoms with Crippen LogP contribution < -0.4 is 5.32 Å². The zero-order valence-electron chi connectivity index (χ0n) is 16.7. The third-order valence-electron chi connectivity index (χ3n) is 4.72. The smallest absolute Gasteiger partial charge is 0.410 e. The standard InChI is InChI=1S/C21H32N2O3/c1-6-18(16-9-7-15(2)8-10-16)22-19(24)17-11-13-23(14-12-17)20(25)26-21(3,4)5/h7-10,17-18H,6,11-14H2,1-5H3,(H,22,24)/t18-/m1/s1. The van der Waals surface area contributed by atoms with Gasteiger partial charge in [-0.3, -0.25) is 4.79 Å². The normalized spacial score (nSPS) is 16.9. The highest BCUT2D eigenvalue weighted by Gasteiger charge is 2.30. The monoisotopic (exact) mass is 360 g/mol. The van der Waals surface area contributed by atoms with Crippen LogP contribution in [0, 0.1) is 12.8 Å². The van der Waals surface area contributed by atoms with Crippen LogP contribution in [-0.2, 0) is 9.53 Å². The maximum absolute atomic E-state index is 12.7. The van der Waals surface area contributed by atoms with Crippen LogP contribution in [0.15, 0.2) is 24.3 Å². The molecule has 0 saturated carbocycles. The average Bonchev–Trinajstić information content (AvgIpc) is 2.59. The molecule has 1 aromatic carbocycles. The molecule has 1 fully saturated rings. The summed E-state index contributed by atoms with van der Waals surface area (Å²) in [4.78, 5) is 26.5. The number of piperidine rings is 1. The molecule has 1 aromatic rings. The molecule has 2 amide bonds. The van der Waals surface area contributed by atoms with Crippen molar-refractivity contribution in [3.05, 3.63) is 35.4 Å². The lowest BCUT2D eigenvalue weighted by molar-refractivity contribution is -0.127. The number of rotatable bonds is 4. The summed E-state index contributed by atoms with van der Waals surface area (Å²) in [6.07, 6.45) is 1.92. The third kappa shape index (κ3) is 5.75. The fourth-order valence-corrected chi connectivity index (χ4v) is 3.16. The van der Waals surface area contributed by atoms with Gasteiger partial charge in [-0.2, -0.15) is 0 Å². The Labute approximate surface area is 157 Å². The highest BCUT2D eigenvalue weighted by molar-refractivity contribution is 5.79. The second-order valence-electron chi connectivity index (χ2n) is 8.12. The molecule has 0 spiro atoms. The topological polar surface area (TPSA) is 58.6 Å². The Morgan fingerprint density at radius 1 is 1.19 bits per heavy atom. The molecule has 0 aliphatic carbocycles. The summed E-state index contributed by atoms with van der Waals surface area (Å²) < 4.78 is 5.41. The Bertz CT molecular complexity index is 611. The average molecular weight is 360 g/mol. The van der Waals surface area contributed by atoms with E-state index in [0.717, 1.165) is 12.0 Å². The van der Waals surface area contributed by atoms with Gasteiger partial charge in [0.15, 0.2) is 0 Å². The van der Waals surface area contributed by atoms with Gasteiger partial charge in [-0.15, -0.1) is 0 Å². The molecule has 5 heteroatoms. The van der Waals surface area contributed by atoms with E-state index in [1.54, 1.807) is 4.90 Å². The molecular formula is C21H32N2O3. The molecule has 0 unspecified atom stereocenters. The van der Waals surface area contributed by atoms with Gasteiger partial charge in [-0.1, -0.05) is 36.8 Å². The van der Waals surface area contributed by atoms with Crippen molar-refractivity contribution in [3.63, 3.8) is 0 Å². The maximum atomic E-state index is 12.7. The highest BCUT2D eigenvalue weighted by atomic mass is 16.6. The lowest BCUT2D eigenvalue weighted by atomic mass is 9.94. The number of amides is 2. The number of ether oxygens (including phenoxy) is 1. The van der Waals surface area contributed by atoms with Crippen molar-refractivity contribution < 1.29 is 14.3 Å². The van der Waals surface area contributed by atoms with Gasteiger partial charge in [0.25, 0.3) is 0 Å². The molecule has 0 bridgehead atoms. The molecule has 1 aliphatic heterocycles. The predicted octanol–water partition coefficient (Wildman–Crippen LogP) is 4.21. The van der Waals surface area contributed by atoms with Gasteiger partial charge in [0.2, 0.25) is 5.91 Å². The number of carbonyl (C=O) groups excluding carboxylic acids is 2. The Kier molecular flexibility index (Phi) is 6.68. The number of nitrogens with zero attached hydrogens (tertiary/aromatic N) is 1. The van der Waals surface area contributed by atoms with Crippen LogP contribution in [0.5, 0.6) is 0 Å². The van der Waals surface area contributed by atoms with Crippen molar-refractivity contribution in [1.82, 2.24) is 10.2 Å². The van der Waals surface area contributed by atoms with Gasteiger partial charge < -0.3 is 15.0 Å². The molecule has 144 valence electrons. The first-order valence-electron chi connectivity index (χ1n) is 9.54. The number of carbonyl (C=O) groups is 2. The first-order valence-corrected chi connectivity index (χ1v) is 9.54. The van der Waals surface area contributed by atoms with E-state index in [9.17, 15) is 9.59 Å². The molecule has 1 heterocycles. The van der Waals surface area contributed by atoms with E-state index < -0.39 is 5.60 Å². The number of nitrogens with one attached hydrogen (secondary N) is 1. The fourth-order valence-electron chi connectivity index (χ4n) is 3.16. The number of likely N-dealkylation sites (tertiary alicyclic amines) is 1. The van der Waals surface area contributed by atoms with Crippen molar-refractivity contribution in [3.8, 4) is 0 Å². The number of hydrogen-bond acceptors (Lipinski definition) is 3. The molecule has 1 aliphatic rings. The van der Waals surface area contributed by atoms with Crippen molar-refractivity contribution >= 4 is 12.0 Å². The molecule has 0 radical (unpaired) electrons. The molecule has 1 N–H and O–H groups in total. The number of benzene rings is 1. The summed E-state index contributed by atoms with van der Waals surface area (Å²) in [6, 6.07) is 8.34. The summed E-state index contributed by atoms with van der Waals surface area (Å²) in [5.74, 6) is 0.0365. The lowest BCUT2D eigenvalue weighted by Crippen LogP contribution is -2.45. The van der Waals surface area contributed by atoms with Crippen LogP contribution in [0.4, 0.5) is 4.79 Å². The minimum atomic E-state index is -0.492. The van der Waals surface area contributed by atoms with Crippen molar-refractivity contribution in [2.75, 3.05) is 13.1 Å². The van der Waals surface area contributed by atoms with Crippen LogP contribution >= 0.6 is 0 Å². The van der Waals surface area contributed by atoms with Crippen molar-refractivity contribution in [2.45, 2.75) is 65.5 Å². The van der Waals surface area contributed by atoms with Crippen molar-refractivity contribution in [2.24, 2.45) is 5.92 Å². The fraction of sp³-hybridized carbons (Fsp3) is 0.619. The summed E-state index contributed by atoms with van der Waals surface area (Å²) >= 11 is 0. The number of aryl methyl sites for hydroxylation is 1. The van der Waals surface area contributed by atoms with Crippen LogP contribution in [0.3, 0.4) is 0 Å². The van der Waals surface area contributed by atoms with Crippen LogP contribution in [0.25, 0.3) is 0 Å². The quantitative estimate of drug-likeness (QED) is 0.875. The summed E-state index contributed by atoms with van der Waals surface area (Å²) in [5, 5.41) is 3.18. The van der Waals surface area contributed by atoms with E-state index in [4.69, 9.17) is 4.74 Å². The zero-order chi connectivity index (χ0) is 19.3. The van der Waals surface area contributed by atoms with E-state index in [2.05, 4.69) is 43.4 Å². The van der Waals surface area contributed by atoms with Crippen LogP contribution in [-0.4, -0.2) is 35.6 Å². The predicted molar refractivity (Wildman–Crippen MR) is 103 cm³/mol. The first-order chi connectivity index (χ1) is 12.2. The lowest BCUT2D eigenvalue weighted by Gasteiger charge is -2.33. The Morgan fingerprint density at radius 2 is 1.77 bits per heavy atom. The van der Waals surface area contributed by atoms with E-state index in [1.807, 2.05) is 20.8 Å². The minimum absolute atomic E-state index is 0.0342. The van der Waals surface area contributed by atoms with Crippen molar-refractivity contribution in [1.29, 1.82) is 0 Å². The second-order valence-corrected chi connectivity index (χ2v) is 8.12. The largest absolute Gasteiger partial charge is 0.444 e. The second kappa shape index (κ2) is 8.56. The van der Waals surface area contributed by atoms with Gasteiger partial charge in [-0.25, -0.2) is 4.79 Å². The molecule has 2 rings (SSSR count). The Morgan fingerprint density at radius 3 is 2.27 bits per heavy atom. The molecule has 5 nitrogen and oxygen atoms in total. The maximum Gasteiger partial charge on any atom is 0.410 e. The zero-order valence-corrected chi connectivity index (χ0v) is 16.7. The molecule has 0 aromatic heterocycles. The van der Waals surface area contributed by atoms with Gasteiger partial charge in [0.05, 0.1) is 6.04 Å². The number of hydrogen-bond donors (Lipinski definition) is 1. The SMILES string of the molecule is CC[C@@H](NC(=O)C1CCN(C(=O)OC(C)(C)C)CC1)c1ccc(C)cc1. The third-order valence-corrected chi connectivity index (χ3v) is 4.72. The van der Waals surface area contributed by atoms with E-state index in [0.29, 0.717) is 25.9 Å². The van der Waals surface area contributed by atoms with Gasteiger partial charge in [0, 0.05) is 19.0 Å². The van der Waals surface area contributed by atoms with E-state index >= 15 is 0 Å². The van der Waals surface area contributed by atoms with Gasteiger partial charge in [-0.05, 0) is 52.5 Å². The molecule has 26 heavy (non-hydrogen) atoms. The summed E-state index contributed by atoms with van der Waals surface area (Å²) in [5.41, 5.74) is 1.86. The van der Waals surface area contributed by atoms with Crippen LogP contribution in [0.2, 0.25) is 0 Å². The first kappa shape index (κ1) is 20.3. The van der Waals surface area contributed by atoms with Gasteiger partial charge in [0.1, 0.15) is 5.60 Å². The molecular weight excluding hydrogens is 328 g/mol. The van der Waals surface area contributed by atoms with E-state index in [-0.39, 0.29) is 24.0 Å². The summed E-state index contributed by atoms with van der Waals surface area (Å²) in [6.45, 7) is 10.9. The summed E-state index contributed by atoms with van der Waals surface area (Å²) in [7, 11) is 0. The minimum Gasteiger partial charge on any atom is -0.444 e. The molecule has 1 atom stereocenters. The molecule has 1 saturated heterocycles. The van der Waals surface area contributed by atoms with Crippen LogP contribution in [0.1, 0.15) is 64.1 Å². The van der Waals surface area contributed by atoms with Gasteiger partial charge >= 0.3 is 6.09 Å². The Balaban J connectivity index is 1.87.